The predicted molar refractivity (Wildman–Crippen MR) is 26.3 cm³/mol. The van der Waals surface area contributed by atoms with Crippen LogP contribution in [0.1, 0.15) is 0 Å². The molecule has 0 aliphatic carbocycles. The average Bonchev–Trinajstić information content (AvgIpc) is 1.00. The van der Waals surface area contributed by atoms with E-state index in [9.17, 15) is 0 Å². The van der Waals surface area contributed by atoms with Crippen LogP contribution in [0.15, 0.2) is 0 Å². The van der Waals surface area contributed by atoms with Gasteiger partial charge in [0.2, 0.25) is 0 Å². The first-order chi connectivity index (χ1) is 1.00. The van der Waals surface area contributed by atoms with E-state index in [1.165, 1.54) is 0 Å². The molecule has 0 bridgehead atoms. The van der Waals surface area contributed by atoms with Crippen LogP contribution in [0.4, 0.5) is 0 Å². The zero-order chi connectivity index (χ0) is 2.00. The summed E-state index contributed by atoms with van der Waals surface area (Å²) in [5.74, 6) is 0. The Morgan fingerprint density at radius 1 is 1.25 bits per heavy atom. The molecule has 0 spiro atoms. The molecule has 0 amide bonds. The van der Waals surface area contributed by atoms with Crippen molar-refractivity contribution in [2.45, 2.75) is 0 Å². The van der Waals surface area contributed by atoms with Crippen LogP contribution in [-0.4, -0.2) is 72.8 Å². The summed E-state index contributed by atoms with van der Waals surface area (Å²) >= 11 is 0.300. The Kier molecular flexibility index (Phi) is 75.5. The van der Waals surface area contributed by atoms with Crippen LogP contribution < -0.4 is 0 Å². The first-order valence-corrected chi connectivity index (χ1v) is 1.37. The monoisotopic (exact) mass is 378 g/mol. The summed E-state index contributed by atoms with van der Waals surface area (Å²) in [7, 11) is 0. The Hall–Kier alpha value is 2.29. The summed E-state index contributed by atoms with van der Waals surface area (Å²) in [6.45, 7) is 0. The molecule has 0 fully saturated rings. The molecule has 0 aliphatic rings. The molecule has 0 aliphatic heterocycles. The molecule has 0 saturated carbocycles. The van der Waals surface area contributed by atoms with Crippen molar-refractivity contribution >= 4 is 72.8 Å². The third-order valence-electron chi connectivity index (χ3n) is 0. The van der Waals surface area contributed by atoms with E-state index < -0.39 is 0 Å². The molecule has 0 rings (SSSR count). The van der Waals surface area contributed by atoms with Crippen molar-refractivity contribution in [3.63, 3.8) is 0 Å². The average molecular weight is 377 g/mol. The second-order valence-electron chi connectivity index (χ2n) is 0. The van der Waals surface area contributed by atoms with Gasteiger partial charge in [0.15, 0.2) is 0 Å². The van der Waals surface area contributed by atoms with Gasteiger partial charge in [-0.2, -0.15) is 0 Å². The summed E-state index contributed by atoms with van der Waals surface area (Å²) < 4.78 is 8.34. The molecule has 1 nitrogen and oxygen atoms in total. The van der Waals surface area contributed by atoms with E-state index in [0.717, 1.165) is 0 Å². The summed E-state index contributed by atoms with van der Waals surface area (Å²) in [5, 5.41) is 0. The number of hydrogen-bond acceptors (Lipinski definition) is 1. The van der Waals surface area contributed by atoms with Crippen molar-refractivity contribution in [1.82, 2.24) is 0 Å². The van der Waals surface area contributed by atoms with E-state index in [-0.39, 0.29) is 50.3 Å². The van der Waals surface area contributed by atoms with Crippen LogP contribution >= 0.6 is 0 Å². The predicted octanol–water partition coefficient (Wildman–Crippen LogP) is -2.87. The Morgan fingerprint density at radius 2 is 1.25 bits per heavy atom. The van der Waals surface area contributed by atoms with Gasteiger partial charge in [-0.3, -0.25) is 0 Å². The number of rotatable bonds is 0. The SMILES string of the molecule is [InH3].[O]=[Sn].[SbH3]. The van der Waals surface area contributed by atoms with Crippen LogP contribution in [0, 0.1) is 0 Å². The Bertz CT molecular complexity index is 8.00. The third kappa shape index (κ3) is 8.86. The van der Waals surface area contributed by atoms with E-state index in [1.54, 1.807) is 0 Å². The molecule has 0 heterocycles. The first kappa shape index (κ1) is 16.3. The van der Waals surface area contributed by atoms with Crippen LogP contribution in [-0.2, 0) is 3.08 Å². The standard InChI is InChI=1S/In.O.Sb.Sn.6H. The minimum atomic E-state index is 0. The molecule has 0 atom stereocenters. The molecule has 4 heteroatoms. The zero-order valence-electron chi connectivity index (χ0n) is 1.62. The summed E-state index contributed by atoms with van der Waals surface area (Å²) in [5.41, 5.74) is 0. The Balaban J connectivity index is -0.00000000500. The van der Waals surface area contributed by atoms with Gasteiger partial charge in [-0.25, -0.2) is 0 Å². The maximum absolute atomic E-state index is 8.34. The summed E-state index contributed by atoms with van der Waals surface area (Å²) in [4.78, 5) is 0. The van der Waals surface area contributed by atoms with Crippen molar-refractivity contribution in [2.24, 2.45) is 0 Å². The van der Waals surface area contributed by atoms with Crippen molar-refractivity contribution in [1.29, 1.82) is 0 Å². The minimum absolute atomic E-state index is 0. The van der Waals surface area contributed by atoms with E-state index in [2.05, 4.69) is 0 Å². The van der Waals surface area contributed by atoms with Crippen molar-refractivity contribution < 1.29 is 3.08 Å². The summed E-state index contributed by atoms with van der Waals surface area (Å²) in [6, 6.07) is 0. The third-order valence-corrected chi connectivity index (χ3v) is 0. The van der Waals surface area contributed by atoms with Gasteiger partial charge < -0.3 is 0 Å². The van der Waals surface area contributed by atoms with Crippen molar-refractivity contribution in [3.05, 3.63) is 0 Å². The molecule has 0 aromatic rings. The van der Waals surface area contributed by atoms with Gasteiger partial charge in [0.05, 0.1) is 0 Å². The fraction of sp³-hybridized carbons (Fsp3) is 0. The zero-order valence-corrected chi connectivity index (χ0v) is 8.51. The Labute approximate surface area is 74.6 Å². The van der Waals surface area contributed by atoms with Crippen LogP contribution in [0.2, 0.25) is 0 Å². The van der Waals surface area contributed by atoms with Gasteiger partial charge in [0, 0.05) is 0 Å². The Morgan fingerprint density at radius 3 is 1.25 bits per heavy atom. The van der Waals surface area contributed by atoms with Crippen molar-refractivity contribution in [2.75, 3.05) is 0 Å². The maximum atomic E-state index is 8.34. The van der Waals surface area contributed by atoms with Gasteiger partial charge in [0.1, 0.15) is 0 Å². The first-order valence-electron chi connectivity index (χ1n) is 0.204. The van der Waals surface area contributed by atoms with Gasteiger partial charge in [-0.05, 0) is 0 Å². The normalized spacial score (nSPS) is 1.00. The molecule has 4 heavy (non-hydrogen) atoms. The quantitative estimate of drug-likeness (QED) is 0.415. The van der Waals surface area contributed by atoms with Crippen LogP contribution in [0.3, 0.4) is 0 Å². The van der Waals surface area contributed by atoms with E-state index in [1.807, 2.05) is 0 Å². The molecule has 0 N–H and O–H groups in total. The fourth-order valence-corrected chi connectivity index (χ4v) is 0. The van der Waals surface area contributed by atoms with E-state index in [0.29, 0.717) is 22.5 Å². The van der Waals surface area contributed by atoms with E-state index in [4.69, 9.17) is 3.08 Å². The number of hydrogen-bond donors (Lipinski definition) is 0. The second-order valence-corrected chi connectivity index (χ2v) is 0. The topological polar surface area (TPSA) is 17.1 Å². The molecule has 0 unspecified atom stereocenters. The van der Waals surface area contributed by atoms with Crippen LogP contribution in [0.5, 0.6) is 0 Å². The molecular weight excluding hydrogens is 371 g/mol. The molecule has 2 radical (unpaired) electrons. The molecule has 0 aromatic carbocycles. The van der Waals surface area contributed by atoms with E-state index >= 15 is 0 Å². The molecule has 0 aromatic heterocycles. The summed E-state index contributed by atoms with van der Waals surface area (Å²) in [6.07, 6.45) is 0. The van der Waals surface area contributed by atoms with Crippen molar-refractivity contribution in [3.8, 4) is 0 Å². The molecule has 24 valence electrons. The molecule has 0 saturated heterocycles. The fourth-order valence-electron chi connectivity index (χ4n) is 0. The van der Waals surface area contributed by atoms with Crippen LogP contribution in [0.25, 0.3) is 0 Å². The van der Waals surface area contributed by atoms with Gasteiger partial charge in [-0.1, -0.05) is 0 Å². The second kappa shape index (κ2) is 18.6. The van der Waals surface area contributed by atoms with Gasteiger partial charge >= 0.3 is 75.9 Å². The molecular formula is H6InOSbSn. The van der Waals surface area contributed by atoms with Gasteiger partial charge in [-0.15, -0.1) is 0 Å². The van der Waals surface area contributed by atoms with Gasteiger partial charge in [0.25, 0.3) is 0 Å².